The summed E-state index contributed by atoms with van der Waals surface area (Å²) in [6.45, 7) is 17.6. The van der Waals surface area contributed by atoms with Crippen LogP contribution in [0, 0.1) is 11.3 Å². The minimum atomic E-state index is -0.725. The molecule has 2 N–H and O–H groups in total. The Bertz CT molecular complexity index is 581. The number of allylic oxidation sites excluding steroid dienone is 3. The highest BCUT2D eigenvalue weighted by molar-refractivity contribution is 5.85. The minimum absolute atomic E-state index is 0.0453. The molecule has 0 aliphatic heterocycles. The van der Waals surface area contributed by atoms with E-state index in [9.17, 15) is 14.7 Å². The van der Waals surface area contributed by atoms with E-state index in [1.54, 1.807) is 6.92 Å². The number of rotatable bonds is 8. The van der Waals surface area contributed by atoms with Gasteiger partial charge in [0.2, 0.25) is 5.91 Å². The second-order valence-electron chi connectivity index (χ2n) is 8.02. The Labute approximate surface area is 158 Å². The van der Waals surface area contributed by atoms with Gasteiger partial charge in [-0.05, 0) is 31.8 Å². The summed E-state index contributed by atoms with van der Waals surface area (Å²) in [5, 5.41) is 13.1. The van der Waals surface area contributed by atoms with Crippen molar-refractivity contribution >= 4 is 11.9 Å². The van der Waals surface area contributed by atoms with Crippen molar-refractivity contribution in [1.82, 2.24) is 5.32 Å². The van der Waals surface area contributed by atoms with Gasteiger partial charge in [-0.1, -0.05) is 57.6 Å². The Morgan fingerprint density at radius 1 is 1.23 bits per heavy atom. The third-order valence-electron chi connectivity index (χ3n) is 4.02. The molecule has 0 aliphatic rings. The highest BCUT2D eigenvalue weighted by Gasteiger charge is 2.22. The quantitative estimate of drug-likeness (QED) is 0.392. The van der Waals surface area contributed by atoms with Gasteiger partial charge in [-0.2, -0.15) is 0 Å². The summed E-state index contributed by atoms with van der Waals surface area (Å²) in [6, 6.07) is -0.715. The lowest BCUT2D eigenvalue weighted by Crippen LogP contribution is -2.39. The summed E-state index contributed by atoms with van der Waals surface area (Å²) in [5.74, 6) is -1.11. The highest BCUT2D eigenvalue weighted by Crippen LogP contribution is 2.24. The number of methoxy groups -OCH3 is 1. The van der Waals surface area contributed by atoms with Crippen molar-refractivity contribution in [3.63, 3.8) is 0 Å². The topological polar surface area (TPSA) is 75.6 Å². The molecule has 0 heterocycles. The molecular formula is C21H35NO4. The molecule has 0 saturated heterocycles. The van der Waals surface area contributed by atoms with E-state index in [-0.39, 0.29) is 23.7 Å². The van der Waals surface area contributed by atoms with Crippen molar-refractivity contribution in [2.75, 3.05) is 7.11 Å². The molecule has 148 valence electrons. The lowest BCUT2D eigenvalue weighted by molar-refractivity contribution is -0.144. The molecule has 0 aromatic heterocycles. The van der Waals surface area contributed by atoms with Gasteiger partial charge in [0, 0.05) is 12.3 Å². The molecule has 0 saturated carbocycles. The first-order valence-corrected chi connectivity index (χ1v) is 8.89. The Kier molecular flexibility index (Phi) is 9.57. The summed E-state index contributed by atoms with van der Waals surface area (Å²) in [6.07, 6.45) is 3.42. The van der Waals surface area contributed by atoms with Gasteiger partial charge in [0.25, 0.3) is 0 Å². The second-order valence-corrected chi connectivity index (χ2v) is 8.02. The van der Waals surface area contributed by atoms with Gasteiger partial charge >= 0.3 is 5.97 Å². The van der Waals surface area contributed by atoms with Gasteiger partial charge in [0.05, 0.1) is 13.2 Å². The third kappa shape index (κ3) is 8.99. The first-order chi connectivity index (χ1) is 11.8. The molecule has 1 amide bonds. The fourth-order valence-corrected chi connectivity index (χ4v) is 2.68. The Morgan fingerprint density at radius 2 is 1.77 bits per heavy atom. The monoisotopic (exact) mass is 365 g/mol. The Hall–Kier alpha value is -1.88. The van der Waals surface area contributed by atoms with Crippen molar-refractivity contribution < 1.29 is 19.4 Å². The standard InChI is InChI=1S/C21H35NO4/c1-13(12-21(6,7)8)10-15(3)19(24)16(4)14(2)11-18(23)22-17(5)20(25)26-9/h10,12,16-17,19,24H,2,11H2,1,3-9H3,(H,22,23)/b13-12+,15-10+/t16?,17-,19?/m0/s1. The summed E-state index contributed by atoms with van der Waals surface area (Å²) in [4.78, 5) is 23.4. The van der Waals surface area contributed by atoms with E-state index in [0.717, 1.165) is 11.1 Å². The molecule has 3 atom stereocenters. The van der Waals surface area contributed by atoms with Crippen LogP contribution in [0.1, 0.15) is 54.9 Å². The van der Waals surface area contributed by atoms with E-state index in [1.807, 2.05) is 26.8 Å². The van der Waals surface area contributed by atoms with E-state index in [2.05, 4.69) is 43.5 Å². The zero-order chi connectivity index (χ0) is 20.7. The van der Waals surface area contributed by atoms with Gasteiger partial charge in [-0.15, -0.1) is 0 Å². The van der Waals surface area contributed by atoms with Crippen LogP contribution in [0.3, 0.4) is 0 Å². The number of esters is 1. The molecule has 0 spiro atoms. The first kappa shape index (κ1) is 24.1. The second kappa shape index (κ2) is 10.3. The lowest BCUT2D eigenvalue weighted by atomic mass is 9.88. The summed E-state index contributed by atoms with van der Waals surface area (Å²) in [5.41, 5.74) is 2.57. The number of nitrogens with one attached hydrogen (secondary N) is 1. The van der Waals surface area contributed by atoms with Crippen LogP contribution in [-0.2, 0) is 14.3 Å². The van der Waals surface area contributed by atoms with Crippen LogP contribution in [0.25, 0.3) is 0 Å². The van der Waals surface area contributed by atoms with Crippen LogP contribution in [0.2, 0.25) is 0 Å². The number of aliphatic hydroxyl groups excluding tert-OH is 1. The highest BCUT2D eigenvalue weighted by atomic mass is 16.5. The maximum Gasteiger partial charge on any atom is 0.328 e. The molecule has 0 aliphatic carbocycles. The third-order valence-corrected chi connectivity index (χ3v) is 4.02. The number of carbonyl (C=O) groups excluding carboxylic acids is 2. The zero-order valence-corrected chi connectivity index (χ0v) is 17.5. The summed E-state index contributed by atoms with van der Waals surface area (Å²) >= 11 is 0. The van der Waals surface area contributed by atoms with E-state index in [1.165, 1.54) is 7.11 Å². The predicted octanol–water partition coefficient (Wildman–Crippen LogP) is 3.55. The molecule has 0 aromatic rings. The number of amides is 1. The molecule has 5 nitrogen and oxygen atoms in total. The maximum atomic E-state index is 12.0. The van der Waals surface area contributed by atoms with Crippen molar-refractivity contribution in [3.8, 4) is 0 Å². The van der Waals surface area contributed by atoms with Crippen molar-refractivity contribution in [3.05, 3.63) is 35.5 Å². The Balaban J connectivity index is 4.88. The first-order valence-electron chi connectivity index (χ1n) is 8.89. The molecule has 0 rings (SSSR count). The molecule has 0 radical (unpaired) electrons. The predicted molar refractivity (Wildman–Crippen MR) is 106 cm³/mol. The summed E-state index contributed by atoms with van der Waals surface area (Å²) < 4.78 is 4.58. The van der Waals surface area contributed by atoms with E-state index in [4.69, 9.17) is 0 Å². The SMILES string of the molecule is C=C(CC(=O)N[C@@H](C)C(=O)OC)C(C)C(O)/C(C)=C/C(C)=C/C(C)(C)C. The van der Waals surface area contributed by atoms with Crippen molar-refractivity contribution in [2.24, 2.45) is 11.3 Å². The fourth-order valence-electron chi connectivity index (χ4n) is 2.68. The molecule has 0 aromatic carbocycles. The van der Waals surface area contributed by atoms with E-state index in [0.29, 0.717) is 5.57 Å². The van der Waals surface area contributed by atoms with Gasteiger partial charge in [0.1, 0.15) is 6.04 Å². The van der Waals surface area contributed by atoms with Crippen LogP contribution < -0.4 is 5.32 Å². The van der Waals surface area contributed by atoms with Gasteiger partial charge < -0.3 is 15.2 Å². The number of carbonyl (C=O) groups is 2. The molecule has 2 unspecified atom stereocenters. The average Bonchev–Trinajstić information content (AvgIpc) is 2.49. The Morgan fingerprint density at radius 3 is 2.23 bits per heavy atom. The van der Waals surface area contributed by atoms with Crippen LogP contribution in [0.4, 0.5) is 0 Å². The van der Waals surface area contributed by atoms with Gasteiger partial charge in [-0.25, -0.2) is 4.79 Å². The van der Waals surface area contributed by atoms with Crippen LogP contribution in [0.15, 0.2) is 35.5 Å². The van der Waals surface area contributed by atoms with Crippen molar-refractivity contribution in [2.45, 2.75) is 67.0 Å². The number of hydrogen-bond donors (Lipinski definition) is 2. The van der Waals surface area contributed by atoms with E-state index >= 15 is 0 Å². The van der Waals surface area contributed by atoms with Crippen LogP contribution >= 0.6 is 0 Å². The van der Waals surface area contributed by atoms with Gasteiger partial charge in [0.15, 0.2) is 0 Å². The minimum Gasteiger partial charge on any atom is -0.467 e. The normalized spacial score (nSPS) is 16.5. The average molecular weight is 366 g/mol. The molecular weight excluding hydrogens is 330 g/mol. The number of aliphatic hydroxyl groups is 1. The maximum absolute atomic E-state index is 12.0. The lowest BCUT2D eigenvalue weighted by Gasteiger charge is -2.23. The number of ether oxygens (including phenoxy) is 1. The number of hydrogen-bond acceptors (Lipinski definition) is 4. The van der Waals surface area contributed by atoms with E-state index < -0.39 is 18.1 Å². The largest absolute Gasteiger partial charge is 0.467 e. The smallest absolute Gasteiger partial charge is 0.328 e. The van der Waals surface area contributed by atoms with Crippen LogP contribution in [-0.4, -0.2) is 36.2 Å². The molecule has 5 heteroatoms. The van der Waals surface area contributed by atoms with Crippen LogP contribution in [0.5, 0.6) is 0 Å². The molecule has 0 fully saturated rings. The summed E-state index contributed by atoms with van der Waals surface area (Å²) in [7, 11) is 1.27. The molecule has 0 bridgehead atoms. The van der Waals surface area contributed by atoms with Crippen molar-refractivity contribution in [1.29, 1.82) is 0 Å². The fraction of sp³-hybridized carbons (Fsp3) is 0.619. The van der Waals surface area contributed by atoms with Gasteiger partial charge in [-0.3, -0.25) is 4.79 Å². The molecule has 26 heavy (non-hydrogen) atoms. The zero-order valence-electron chi connectivity index (χ0n) is 17.5.